The molecule has 0 N–H and O–H groups in total. The third-order valence-corrected chi connectivity index (χ3v) is 2.29. The Balaban J connectivity index is 3.39. The zero-order chi connectivity index (χ0) is 10.7. The summed E-state index contributed by atoms with van der Waals surface area (Å²) in [6.07, 6.45) is 0.679. The van der Waals surface area contributed by atoms with Crippen molar-refractivity contribution in [2.24, 2.45) is 0 Å². The van der Waals surface area contributed by atoms with Gasteiger partial charge in [0.2, 0.25) is 0 Å². The molecule has 4 heteroatoms. The van der Waals surface area contributed by atoms with Gasteiger partial charge >= 0.3 is 5.97 Å². The van der Waals surface area contributed by atoms with Gasteiger partial charge < -0.3 is 4.74 Å². The summed E-state index contributed by atoms with van der Waals surface area (Å²) < 4.78 is 4.56. The molecule has 0 saturated carbocycles. The van der Waals surface area contributed by atoms with Gasteiger partial charge in [-0.2, -0.15) is 0 Å². The number of carbonyl (C=O) groups is 2. The number of hydrogen-bond donors (Lipinski definition) is 0. The molecule has 0 fully saturated rings. The van der Waals surface area contributed by atoms with Crippen LogP contribution in [-0.2, 0) is 4.74 Å². The molecule has 3 nitrogen and oxygen atoms in total. The average molecular weight is 213 g/mol. The maximum Gasteiger partial charge on any atom is 0.339 e. The van der Waals surface area contributed by atoms with Crippen LogP contribution in [0.3, 0.4) is 0 Å². The number of hydrogen-bond acceptors (Lipinski definition) is 3. The van der Waals surface area contributed by atoms with Crippen LogP contribution in [0.1, 0.15) is 26.3 Å². The molecular weight excluding hydrogens is 204 g/mol. The fourth-order valence-electron chi connectivity index (χ4n) is 1.18. The minimum absolute atomic E-state index is 0.249. The minimum atomic E-state index is -0.531. The summed E-state index contributed by atoms with van der Waals surface area (Å²) in [6, 6.07) is 3.07. The summed E-state index contributed by atoms with van der Waals surface area (Å²) >= 11 is 5.82. The first-order valence-corrected chi connectivity index (χ1v) is 4.32. The van der Waals surface area contributed by atoms with Crippen molar-refractivity contribution < 1.29 is 14.3 Å². The summed E-state index contributed by atoms with van der Waals surface area (Å²) in [5, 5.41) is 0.292. The predicted molar refractivity (Wildman–Crippen MR) is 52.9 cm³/mol. The van der Waals surface area contributed by atoms with Crippen molar-refractivity contribution in [3.8, 4) is 0 Å². The summed E-state index contributed by atoms with van der Waals surface area (Å²) in [5.41, 5.74) is 1.23. The van der Waals surface area contributed by atoms with Crippen LogP contribution in [0, 0.1) is 6.92 Å². The monoisotopic (exact) mass is 212 g/mol. The molecule has 0 atom stereocenters. The number of aldehydes is 1. The average Bonchev–Trinajstić information content (AvgIpc) is 2.18. The topological polar surface area (TPSA) is 43.4 Å². The summed E-state index contributed by atoms with van der Waals surface area (Å²) in [6.45, 7) is 1.65. The highest BCUT2D eigenvalue weighted by molar-refractivity contribution is 6.34. The molecule has 14 heavy (non-hydrogen) atoms. The van der Waals surface area contributed by atoms with E-state index in [-0.39, 0.29) is 5.56 Å². The van der Waals surface area contributed by atoms with Crippen LogP contribution in [0.4, 0.5) is 0 Å². The number of ether oxygens (including phenoxy) is 1. The van der Waals surface area contributed by atoms with Gasteiger partial charge in [0.25, 0.3) is 0 Å². The van der Waals surface area contributed by atoms with E-state index in [4.69, 9.17) is 11.6 Å². The predicted octanol–water partition coefficient (Wildman–Crippen LogP) is 2.25. The van der Waals surface area contributed by atoms with E-state index in [1.807, 2.05) is 0 Å². The second-order valence-electron chi connectivity index (χ2n) is 2.75. The van der Waals surface area contributed by atoms with E-state index in [2.05, 4.69) is 4.74 Å². The van der Waals surface area contributed by atoms with Crippen molar-refractivity contribution in [1.82, 2.24) is 0 Å². The Morgan fingerprint density at radius 3 is 2.64 bits per heavy atom. The van der Waals surface area contributed by atoms with Crippen molar-refractivity contribution >= 4 is 23.9 Å². The Hall–Kier alpha value is -1.35. The molecule has 0 aliphatic carbocycles. The van der Waals surface area contributed by atoms with E-state index in [1.54, 1.807) is 13.0 Å². The lowest BCUT2D eigenvalue weighted by Crippen LogP contribution is -2.06. The van der Waals surface area contributed by atoms with Gasteiger partial charge in [0.1, 0.15) is 6.29 Å². The zero-order valence-corrected chi connectivity index (χ0v) is 8.59. The van der Waals surface area contributed by atoms with Crippen LogP contribution in [0.15, 0.2) is 12.1 Å². The van der Waals surface area contributed by atoms with E-state index < -0.39 is 5.97 Å². The van der Waals surface area contributed by atoms with Crippen LogP contribution in [0.5, 0.6) is 0 Å². The molecule has 1 rings (SSSR count). The third-order valence-electron chi connectivity index (χ3n) is 1.97. The number of esters is 1. The van der Waals surface area contributed by atoms with Crippen LogP contribution in [0.25, 0.3) is 0 Å². The lowest BCUT2D eigenvalue weighted by molar-refractivity contribution is 0.0600. The van der Waals surface area contributed by atoms with Crippen LogP contribution < -0.4 is 0 Å². The van der Waals surface area contributed by atoms with Gasteiger partial charge in [-0.3, -0.25) is 4.79 Å². The van der Waals surface area contributed by atoms with Crippen LogP contribution in [-0.4, -0.2) is 19.4 Å². The van der Waals surface area contributed by atoms with E-state index in [0.29, 0.717) is 22.4 Å². The molecule has 0 amide bonds. The Kier molecular flexibility index (Phi) is 3.25. The lowest BCUT2D eigenvalue weighted by atomic mass is 10.0. The smallest absolute Gasteiger partial charge is 0.339 e. The van der Waals surface area contributed by atoms with Gasteiger partial charge in [-0.15, -0.1) is 0 Å². The van der Waals surface area contributed by atoms with Gasteiger partial charge in [0, 0.05) is 5.56 Å². The Morgan fingerprint density at radius 2 is 2.14 bits per heavy atom. The maximum atomic E-state index is 11.3. The molecule has 0 spiro atoms. The third kappa shape index (κ3) is 1.77. The van der Waals surface area contributed by atoms with Crippen LogP contribution in [0.2, 0.25) is 5.02 Å². The zero-order valence-electron chi connectivity index (χ0n) is 7.83. The first kappa shape index (κ1) is 10.7. The molecule has 0 unspecified atom stereocenters. The highest BCUT2D eigenvalue weighted by atomic mass is 35.5. The van der Waals surface area contributed by atoms with E-state index >= 15 is 0 Å². The SMILES string of the molecule is COC(=O)c1c(Cl)ccc(C=O)c1C. The molecule has 0 radical (unpaired) electrons. The quantitative estimate of drug-likeness (QED) is 0.558. The fraction of sp³-hybridized carbons (Fsp3) is 0.200. The first-order valence-electron chi connectivity index (χ1n) is 3.94. The molecule has 74 valence electrons. The Morgan fingerprint density at radius 1 is 1.50 bits per heavy atom. The number of methoxy groups -OCH3 is 1. The normalized spacial score (nSPS) is 9.64. The van der Waals surface area contributed by atoms with E-state index in [1.165, 1.54) is 13.2 Å². The molecule has 1 aromatic rings. The van der Waals surface area contributed by atoms with Crippen molar-refractivity contribution in [3.05, 3.63) is 33.8 Å². The largest absolute Gasteiger partial charge is 0.465 e. The van der Waals surface area contributed by atoms with Crippen LogP contribution >= 0.6 is 11.6 Å². The second kappa shape index (κ2) is 4.24. The molecule has 0 bridgehead atoms. The van der Waals surface area contributed by atoms with Gasteiger partial charge in [-0.25, -0.2) is 4.79 Å². The van der Waals surface area contributed by atoms with E-state index in [0.717, 1.165) is 0 Å². The lowest BCUT2D eigenvalue weighted by Gasteiger charge is -2.07. The minimum Gasteiger partial charge on any atom is -0.465 e. The number of benzene rings is 1. The van der Waals surface area contributed by atoms with Gasteiger partial charge in [-0.05, 0) is 24.6 Å². The number of carbonyl (C=O) groups excluding carboxylic acids is 2. The Bertz CT molecular complexity index is 385. The van der Waals surface area contributed by atoms with Gasteiger partial charge in [0.15, 0.2) is 0 Å². The van der Waals surface area contributed by atoms with Crippen molar-refractivity contribution in [3.63, 3.8) is 0 Å². The number of rotatable bonds is 2. The molecular formula is C10H9ClO3. The molecule has 0 aliphatic rings. The molecule has 0 aromatic heterocycles. The van der Waals surface area contributed by atoms with Crippen molar-refractivity contribution in [2.75, 3.05) is 7.11 Å². The molecule has 0 saturated heterocycles. The highest BCUT2D eigenvalue weighted by Gasteiger charge is 2.15. The fourth-order valence-corrected chi connectivity index (χ4v) is 1.46. The molecule has 0 aliphatic heterocycles. The second-order valence-corrected chi connectivity index (χ2v) is 3.15. The first-order chi connectivity index (χ1) is 6.61. The standard InChI is InChI=1S/C10H9ClO3/c1-6-7(5-12)3-4-8(11)9(6)10(13)14-2/h3-5H,1-2H3. The van der Waals surface area contributed by atoms with E-state index in [9.17, 15) is 9.59 Å². The summed E-state index contributed by atoms with van der Waals surface area (Å²) in [7, 11) is 1.27. The van der Waals surface area contributed by atoms with Gasteiger partial charge in [-0.1, -0.05) is 11.6 Å². The number of halogens is 1. The molecule has 0 heterocycles. The molecule has 1 aromatic carbocycles. The maximum absolute atomic E-state index is 11.3. The van der Waals surface area contributed by atoms with Gasteiger partial charge in [0.05, 0.1) is 17.7 Å². The summed E-state index contributed by atoms with van der Waals surface area (Å²) in [4.78, 5) is 21.9. The van der Waals surface area contributed by atoms with Crippen molar-refractivity contribution in [1.29, 1.82) is 0 Å². The Labute approximate surface area is 86.6 Å². The van der Waals surface area contributed by atoms with Crippen molar-refractivity contribution in [2.45, 2.75) is 6.92 Å². The highest BCUT2D eigenvalue weighted by Crippen LogP contribution is 2.22. The summed E-state index contributed by atoms with van der Waals surface area (Å²) in [5.74, 6) is -0.531.